The van der Waals surface area contributed by atoms with Gasteiger partial charge in [-0.25, -0.2) is 4.98 Å². The molecule has 5 nitrogen and oxygen atoms in total. The van der Waals surface area contributed by atoms with Gasteiger partial charge in [0.1, 0.15) is 12.4 Å². The van der Waals surface area contributed by atoms with E-state index in [0.717, 1.165) is 28.4 Å². The van der Waals surface area contributed by atoms with Crippen LogP contribution in [0.4, 0.5) is 0 Å². The molecule has 25 heavy (non-hydrogen) atoms. The van der Waals surface area contributed by atoms with Crippen molar-refractivity contribution >= 4 is 23.3 Å². The van der Waals surface area contributed by atoms with Gasteiger partial charge in [0.15, 0.2) is 0 Å². The standard InChI is InChI=1S/C19H24N2O3S/c1-3-23-12-4-11-20-19(22)10-7-16-5-8-18(9-6-16)24-13-17-14-25-15(2)21-17/h5-10,14H,3-4,11-13H2,1-2H3,(H,20,22). The first-order chi connectivity index (χ1) is 12.2. The lowest BCUT2D eigenvalue weighted by Crippen LogP contribution is -2.23. The Morgan fingerprint density at radius 3 is 2.80 bits per heavy atom. The van der Waals surface area contributed by atoms with Crippen LogP contribution < -0.4 is 10.1 Å². The molecule has 2 aromatic rings. The quantitative estimate of drug-likeness (QED) is 0.520. The summed E-state index contributed by atoms with van der Waals surface area (Å²) < 4.78 is 10.9. The highest BCUT2D eigenvalue weighted by atomic mass is 32.1. The van der Waals surface area contributed by atoms with Crippen LogP contribution in [0.3, 0.4) is 0 Å². The first-order valence-electron chi connectivity index (χ1n) is 8.35. The van der Waals surface area contributed by atoms with Gasteiger partial charge >= 0.3 is 0 Å². The van der Waals surface area contributed by atoms with Crippen LogP contribution in [0.1, 0.15) is 29.6 Å². The summed E-state index contributed by atoms with van der Waals surface area (Å²) in [5.74, 6) is 0.680. The summed E-state index contributed by atoms with van der Waals surface area (Å²) in [4.78, 5) is 16.1. The predicted molar refractivity (Wildman–Crippen MR) is 101 cm³/mol. The molecule has 1 heterocycles. The van der Waals surface area contributed by atoms with Crippen molar-refractivity contribution in [3.63, 3.8) is 0 Å². The van der Waals surface area contributed by atoms with Crippen molar-refractivity contribution < 1.29 is 14.3 Å². The Morgan fingerprint density at radius 1 is 1.32 bits per heavy atom. The number of aryl methyl sites for hydroxylation is 1. The number of nitrogens with zero attached hydrogens (tertiary/aromatic N) is 1. The van der Waals surface area contributed by atoms with E-state index in [2.05, 4.69) is 10.3 Å². The Hall–Kier alpha value is -2.18. The van der Waals surface area contributed by atoms with E-state index < -0.39 is 0 Å². The fraction of sp³-hybridized carbons (Fsp3) is 0.368. The van der Waals surface area contributed by atoms with Gasteiger partial charge in [-0.15, -0.1) is 11.3 Å². The summed E-state index contributed by atoms with van der Waals surface area (Å²) in [6.07, 6.45) is 4.14. The van der Waals surface area contributed by atoms with Crippen molar-refractivity contribution in [1.82, 2.24) is 10.3 Å². The zero-order valence-electron chi connectivity index (χ0n) is 14.7. The molecule has 1 aromatic heterocycles. The molecule has 0 saturated heterocycles. The van der Waals surface area contributed by atoms with Gasteiger partial charge < -0.3 is 14.8 Å². The average Bonchev–Trinajstić information content (AvgIpc) is 3.04. The smallest absolute Gasteiger partial charge is 0.244 e. The summed E-state index contributed by atoms with van der Waals surface area (Å²) in [5, 5.41) is 5.86. The summed E-state index contributed by atoms with van der Waals surface area (Å²) in [7, 11) is 0. The van der Waals surface area contributed by atoms with Crippen molar-refractivity contribution in [3.8, 4) is 5.75 Å². The molecule has 134 valence electrons. The SMILES string of the molecule is CCOCCCNC(=O)C=Cc1ccc(OCc2csc(C)n2)cc1. The molecule has 1 aromatic carbocycles. The van der Waals surface area contributed by atoms with Crippen LogP contribution in [0, 0.1) is 6.92 Å². The van der Waals surface area contributed by atoms with Gasteiger partial charge in [0.2, 0.25) is 5.91 Å². The van der Waals surface area contributed by atoms with Gasteiger partial charge in [0.05, 0.1) is 10.7 Å². The zero-order chi connectivity index (χ0) is 17.9. The molecule has 0 spiro atoms. The molecule has 0 aliphatic heterocycles. The number of hydrogen-bond donors (Lipinski definition) is 1. The lowest BCUT2D eigenvalue weighted by Gasteiger charge is -2.04. The van der Waals surface area contributed by atoms with Crippen molar-refractivity contribution in [2.75, 3.05) is 19.8 Å². The average molecular weight is 360 g/mol. The van der Waals surface area contributed by atoms with Crippen molar-refractivity contribution in [1.29, 1.82) is 0 Å². The molecular formula is C19H24N2O3S. The largest absolute Gasteiger partial charge is 0.487 e. The van der Waals surface area contributed by atoms with E-state index in [1.54, 1.807) is 17.4 Å². The number of aromatic nitrogens is 1. The maximum Gasteiger partial charge on any atom is 0.244 e. The maximum absolute atomic E-state index is 11.7. The molecule has 0 fully saturated rings. The third kappa shape index (κ3) is 7.49. The number of hydrogen-bond acceptors (Lipinski definition) is 5. The Balaban J connectivity index is 1.72. The van der Waals surface area contributed by atoms with Crippen LogP contribution >= 0.6 is 11.3 Å². The minimum absolute atomic E-state index is 0.101. The van der Waals surface area contributed by atoms with Crippen LogP contribution in [-0.4, -0.2) is 30.6 Å². The summed E-state index contributed by atoms with van der Waals surface area (Å²) in [6.45, 7) is 6.39. The van der Waals surface area contributed by atoms with Crippen molar-refractivity contribution in [3.05, 3.63) is 52.0 Å². The normalized spacial score (nSPS) is 11.0. The summed E-state index contributed by atoms with van der Waals surface area (Å²) in [6, 6.07) is 7.61. The van der Waals surface area contributed by atoms with Crippen LogP contribution in [-0.2, 0) is 16.1 Å². The maximum atomic E-state index is 11.7. The molecule has 0 aliphatic rings. The van der Waals surface area contributed by atoms with Gasteiger partial charge in [-0.2, -0.15) is 0 Å². The monoisotopic (exact) mass is 360 g/mol. The molecule has 0 bridgehead atoms. The number of benzene rings is 1. The number of carbonyl (C=O) groups is 1. The highest BCUT2D eigenvalue weighted by Crippen LogP contribution is 2.16. The van der Waals surface area contributed by atoms with Crippen LogP contribution in [0.15, 0.2) is 35.7 Å². The highest BCUT2D eigenvalue weighted by molar-refractivity contribution is 7.09. The number of amides is 1. The van der Waals surface area contributed by atoms with E-state index in [0.29, 0.717) is 26.4 Å². The number of rotatable bonds is 10. The first kappa shape index (κ1) is 19.1. The number of thiazole rings is 1. The second kappa shape index (κ2) is 10.6. The number of ether oxygens (including phenoxy) is 2. The molecular weight excluding hydrogens is 336 g/mol. The zero-order valence-corrected chi connectivity index (χ0v) is 15.5. The van der Waals surface area contributed by atoms with Crippen molar-refractivity contribution in [2.45, 2.75) is 26.9 Å². The lowest BCUT2D eigenvalue weighted by atomic mass is 10.2. The molecule has 0 atom stereocenters. The Kier molecular flexibility index (Phi) is 8.15. The number of nitrogens with one attached hydrogen (secondary N) is 1. The van der Waals surface area contributed by atoms with E-state index in [4.69, 9.17) is 9.47 Å². The third-order valence-corrected chi connectivity index (χ3v) is 4.15. The van der Waals surface area contributed by atoms with Gasteiger partial charge in [0, 0.05) is 31.2 Å². The van der Waals surface area contributed by atoms with E-state index in [1.165, 1.54) is 6.08 Å². The second-order valence-electron chi connectivity index (χ2n) is 5.39. The van der Waals surface area contributed by atoms with Gasteiger partial charge in [0.25, 0.3) is 0 Å². The minimum Gasteiger partial charge on any atom is -0.487 e. The molecule has 2 rings (SSSR count). The second-order valence-corrected chi connectivity index (χ2v) is 6.45. The van der Waals surface area contributed by atoms with E-state index in [-0.39, 0.29) is 5.91 Å². The molecule has 0 aliphatic carbocycles. The summed E-state index contributed by atoms with van der Waals surface area (Å²) in [5.41, 5.74) is 1.88. The first-order valence-corrected chi connectivity index (χ1v) is 9.23. The molecule has 0 unspecified atom stereocenters. The molecule has 1 N–H and O–H groups in total. The fourth-order valence-electron chi connectivity index (χ4n) is 2.07. The number of carbonyl (C=O) groups excluding carboxylic acids is 1. The molecule has 0 saturated carbocycles. The summed E-state index contributed by atoms with van der Waals surface area (Å²) >= 11 is 1.62. The van der Waals surface area contributed by atoms with Crippen LogP contribution in [0.25, 0.3) is 6.08 Å². The van der Waals surface area contributed by atoms with E-state index in [9.17, 15) is 4.79 Å². The molecule has 6 heteroatoms. The van der Waals surface area contributed by atoms with Crippen LogP contribution in [0.5, 0.6) is 5.75 Å². The molecule has 0 radical (unpaired) electrons. The Bertz CT molecular complexity index is 680. The topological polar surface area (TPSA) is 60.5 Å². The van der Waals surface area contributed by atoms with Crippen molar-refractivity contribution in [2.24, 2.45) is 0 Å². The third-order valence-electron chi connectivity index (χ3n) is 3.33. The Labute approximate surface area is 152 Å². The predicted octanol–water partition coefficient (Wildman–Crippen LogP) is 3.59. The van der Waals surface area contributed by atoms with E-state index >= 15 is 0 Å². The van der Waals surface area contributed by atoms with Gasteiger partial charge in [-0.3, -0.25) is 4.79 Å². The highest BCUT2D eigenvalue weighted by Gasteiger charge is 2.00. The fourth-order valence-corrected chi connectivity index (χ4v) is 2.67. The molecule has 1 amide bonds. The van der Waals surface area contributed by atoms with Gasteiger partial charge in [-0.05, 0) is 44.0 Å². The van der Waals surface area contributed by atoms with E-state index in [1.807, 2.05) is 43.5 Å². The lowest BCUT2D eigenvalue weighted by molar-refractivity contribution is -0.116. The Morgan fingerprint density at radius 2 is 2.12 bits per heavy atom. The minimum atomic E-state index is -0.101. The van der Waals surface area contributed by atoms with Gasteiger partial charge in [-0.1, -0.05) is 12.1 Å². The van der Waals surface area contributed by atoms with Crippen LogP contribution in [0.2, 0.25) is 0 Å².